The number of hydrogen-bond acceptors (Lipinski definition) is 6. The first-order chi connectivity index (χ1) is 10.4. The van der Waals surface area contributed by atoms with Gasteiger partial charge in [0.25, 0.3) is 0 Å². The molecule has 1 saturated heterocycles. The van der Waals surface area contributed by atoms with Crippen molar-refractivity contribution in [1.29, 1.82) is 0 Å². The number of piperidine rings is 1. The first-order valence-electron chi connectivity index (χ1n) is 7.53. The lowest BCUT2D eigenvalue weighted by Gasteiger charge is -2.30. The molecule has 1 fully saturated rings. The van der Waals surface area contributed by atoms with Crippen molar-refractivity contribution in [2.45, 2.75) is 25.7 Å². The summed E-state index contributed by atoms with van der Waals surface area (Å²) in [5.41, 5.74) is 1.02. The SMILES string of the molecule is CCOCCN1CCC(c2nnc(-c3ccsc3)o2)CC1. The van der Waals surface area contributed by atoms with Crippen LogP contribution in [0.4, 0.5) is 0 Å². The molecule has 3 rings (SSSR count). The molecular weight excluding hydrogens is 286 g/mol. The summed E-state index contributed by atoms with van der Waals surface area (Å²) in [7, 11) is 0. The predicted molar refractivity (Wildman–Crippen MR) is 82.5 cm³/mol. The zero-order chi connectivity index (χ0) is 14.5. The second-order valence-corrected chi connectivity index (χ2v) is 6.05. The summed E-state index contributed by atoms with van der Waals surface area (Å²) in [4.78, 5) is 2.45. The molecule has 0 N–H and O–H groups in total. The molecule has 0 bridgehead atoms. The van der Waals surface area contributed by atoms with Gasteiger partial charge in [0.05, 0.1) is 6.61 Å². The van der Waals surface area contributed by atoms with Gasteiger partial charge in [-0.15, -0.1) is 10.2 Å². The van der Waals surface area contributed by atoms with Gasteiger partial charge in [0, 0.05) is 30.0 Å². The van der Waals surface area contributed by atoms with Crippen molar-refractivity contribution in [2.75, 3.05) is 32.8 Å². The van der Waals surface area contributed by atoms with E-state index in [1.165, 1.54) is 0 Å². The molecule has 0 saturated carbocycles. The normalized spacial score (nSPS) is 17.4. The number of likely N-dealkylation sites (tertiary alicyclic amines) is 1. The molecule has 0 aromatic carbocycles. The fourth-order valence-corrected chi connectivity index (χ4v) is 3.27. The topological polar surface area (TPSA) is 51.4 Å². The maximum absolute atomic E-state index is 5.84. The van der Waals surface area contributed by atoms with Gasteiger partial charge in [0.2, 0.25) is 11.8 Å². The van der Waals surface area contributed by atoms with Gasteiger partial charge in [-0.3, -0.25) is 0 Å². The summed E-state index contributed by atoms with van der Waals surface area (Å²) < 4.78 is 11.3. The van der Waals surface area contributed by atoms with Gasteiger partial charge < -0.3 is 14.1 Å². The Balaban J connectivity index is 1.53. The molecular formula is C15H21N3O2S. The lowest BCUT2D eigenvalue weighted by Crippen LogP contribution is -2.35. The van der Waals surface area contributed by atoms with E-state index in [4.69, 9.17) is 9.15 Å². The molecule has 2 aromatic heterocycles. The van der Waals surface area contributed by atoms with Crippen LogP contribution in [0.2, 0.25) is 0 Å². The van der Waals surface area contributed by atoms with Gasteiger partial charge in [-0.25, -0.2) is 0 Å². The molecule has 0 radical (unpaired) electrons. The van der Waals surface area contributed by atoms with Crippen molar-refractivity contribution in [3.63, 3.8) is 0 Å². The Morgan fingerprint density at radius 3 is 2.95 bits per heavy atom. The molecule has 114 valence electrons. The molecule has 1 aliphatic rings. The maximum Gasteiger partial charge on any atom is 0.248 e. The Bertz CT molecular complexity index is 533. The molecule has 2 aromatic rings. The second-order valence-electron chi connectivity index (χ2n) is 5.27. The molecule has 5 nitrogen and oxygen atoms in total. The lowest BCUT2D eigenvalue weighted by atomic mass is 9.97. The van der Waals surface area contributed by atoms with Crippen LogP contribution in [0.5, 0.6) is 0 Å². The van der Waals surface area contributed by atoms with Crippen molar-refractivity contribution in [3.8, 4) is 11.5 Å². The smallest absolute Gasteiger partial charge is 0.248 e. The van der Waals surface area contributed by atoms with Gasteiger partial charge in [0.1, 0.15) is 0 Å². The van der Waals surface area contributed by atoms with Gasteiger partial charge in [-0.05, 0) is 44.3 Å². The third kappa shape index (κ3) is 3.70. The van der Waals surface area contributed by atoms with Crippen molar-refractivity contribution in [1.82, 2.24) is 15.1 Å². The van der Waals surface area contributed by atoms with E-state index < -0.39 is 0 Å². The zero-order valence-electron chi connectivity index (χ0n) is 12.3. The van der Waals surface area contributed by atoms with Crippen LogP contribution in [0.15, 0.2) is 21.2 Å². The fraction of sp³-hybridized carbons (Fsp3) is 0.600. The minimum atomic E-state index is 0.397. The van der Waals surface area contributed by atoms with E-state index in [2.05, 4.69) is 15.1 Å². The van der Waals surface area contributed by atoms with Crippen molar-refractivity contribution < 1.29 is 9.15 Å². The van der Waals surface area contributed by atoms with Crippen molar-refractivity contribution >= 4 is 11.3 Å². The second kappa shape index (κ2) is 7.15. The molecule has 0 aliphatic carbocycles. The number of rotatable bonds is 6. The molecule has 0 spiro atoms. The number of aromatic nitrogens is 2. The van der Waals surface area contributed by atoms with Gasteiger partial charge in [0.15, 0.2) is 0 Å². The molecule has 3 heterocycles. The minimum absolute atomic E-state index is 0.397. The molecule has 0 unspecified atom stereocenters. The first-order valence-corrected chi connectivity index (χ1v) is 8.47. The van der Waals surface area contributed by atoms with Crippen molar-refractivity contribution in [2.24, 2.45) is 0 Å². The highest BCUT2D eigenvalue weighted by atomic mass is 32.1. The average molecular weight is 307 g/mol. The molecule has 21 heavy (non-hydrogen) atoms. The molecule has 0 atom stereocenters. The van der Waals surface area contributed by atoms with E-state index in [0.717, 1.165) is 57.1 Å². The lowest BCUT2D eigenvalue weighted by molar-refractivity contribution is 0.100. The Morgan fingerprint density at radius 1 is 1.38 bits per heavy atom. The summed E-state index contributed by atoms with van der Waals surface area (Å²) in [5, 5.41) is 12.5. The third-order valence-electron chi connectivity index (χ3n) is 3.90. The van der Waals surface area contributed by atoms with Crippen LogP contribution in [-0.2, 0) is 4.74 Å². The van der Waals surface area contributed by atoms with Crippen LogP contribution in [-0.4, -0.2) is 47.9 Å². The Labute approximate surface area is 128 Å². The zero-order valence-corrected chi connectivity index (χ0v) is 13.1. The summed E-state index contributed by atoms with van der Waals surface area (Å²) >= 11 is 1.64. The number of thiophene rings is 1. The van der Waals surface area contributed by atoms with Crippen LogP contribution >= 0.6 is 11.3 Å². The first kappa shape index (κ1) is 14.7. The maximum atomic E-state index is 5.84. The largest absolute Gasteiger partial charge is 0.420 e. The van der Waals surface area contributed by atoms with Crippen LogP contribution in [0, 0.1) is 0 Å². The summed E-state index contributed by atoms with van der Waals surface area (Å²) in [5.74, 6) is 1.83. The fourth-order valence-electron chi connectivity index (χ4n) is 2.64. The number of ether oxygens (including phenoxy) is 1. The Kier molecular flexibility index (Phi) is 5.00. The highest BCUT2D eigenvalue weighted by Crippen LogP contribution is 2.29. The highest BCUT2D eigenvalue weighted by Gasteiger charge is 2.25. The van der Waals surface area contributed by atoms with Crippen LogP contribution in [0.1, 0.15) is 31.6 Å². The number of nitrogens with zero attached hydrogens (tertiary/aromatic N) is 3. The van der Waals surface area contributed by atoms with E-state index >= 15 is 0 Å². The summed E-state index contributed by atoms with van der Waals surface area (Å²) in [6.45, 7) is 6.83. The third-order valence-corrected chi connectivity index (χ3v) is 4.58. The summed E-state index contributed by atoms with van der Waals surface area (Å²) in [6, 6.07) is 2.01. The Hall–Kier alpha value is -1.24. The van der Waals surface area contributed by atoms with E-state index in [0.29, 0.717) is 11.8 Å². The van der Waals surface area contributed by atoms with Crippen LogP contribution < -0.4 is 0 Å². The molecule has 6 heteroatoms. The number of hydrogen-bond donors (Lipinski definition) is 0. The Morgan fingerprint density at radius 2 is 2.24 bits per heavy atom. The van der Waals surface area contributed by atoms with Gasteiger partial charge in [-0.2, -0.15) is 11.3 Å². The highest BCUT2D eigenvalue weighted by molar-refractivity contribution is 7.08. The predicted octanol–water partition coefficient (Wildman–Crippen LogP) is 3.01. The molecule has 0 amide bonds. The molecule has 1 aliphatic heterocycles. The average Bonchev–Trinajstić information content (AvgIpc) is 3.19. The van der Waals surface area contributed by atoms with Gasteiger partial charge >= 0.3 is 0 Å². The van der Waals surface area contributed by atoms with E-state index in [9.17, 15) is 0 Å². The van der Waals surface area contributed by atoms with E-state index in [-0.39, 0.29) is 0 Å². The van der Waals surface area contributed by atoms with Gasteiger partial charge in [-0.1, -0.05) is 0 Å². The minimum Gasteiger partial charge on any atom is -0.420 e. The van der Waals surface area contributed by atoms with E-state index in [1.807, 2.05) is 23.8 Å². The quantitative estimate of drug-likeness (QED) is 0.768. The van der Waals surface area contributed by atoms with E-state index in [1.54, 1.807) is 11.3 Å². The monoisotopic (exact) mass is 307 g/mol. The van der Waals surface area contributed by atoms with Crippen LogP contribution in [0.3, 0.4) is 0 Å². The van der Waals surface area contributed by atoms with Crippen LogP contribution in [0.25, 0.3) is 11.5 Å². The summed E-state index contributed by atoms with van der Waals surface area (Å²) in [6.07, 6.45) is 2.16. The van der Waals surface area contributed by atoms with Crippen molar-refractivity contribution in [3.05, 3.63) is 22.7 Å². The standard InChI is InChI=1S/C15H21N3O2S/c1-2-19-9-8-18-6-3-12(4-7-18)14-16-17-15(20-14)13-5-10-21-11-13/h5,10-12H,2-4,6-9H2,1H3.